The molecule has 1 fully saturated rings. The second kappa shape index (κ2) is 7.41. The van der Waals surface area contributed by atoms with Gasteiger partial charge in [0.05, 0.1) is 0 Å². The molecule has 0 aromatic carbocycles. The minimum absolute atomic E-state index is 0.180. The van der Waals surface area contributed by atoms with Crippen LogP contribution in [0, 0.1) is 5.92 Å². The molecule has 0 saturated carbocycles. The second-order valence-corrected chi connectivity index (χ2v) is 3.88. The van der Waals surface area contributed by atoms with Gasteiger partial charge in [0, 0.05) is 0 Å². The summed E-state index contributed by atoms with van der Waals surface area (Å²) >= 11 is 0. The fourth-order valence-electron chi connectivity index (χ4n) is 1.76. The molecule has 0 aliphatic carbocycles. The quantitative estimate of drug-likeness (QED) is 0.703. The molecule has 1 nitrogen and oxygen atoms in total. The van der Waals surface area contributed by atoms with Crippen LogP contribution >= 0.6 is 0 Å². The lowest BCUT2D eigenvalue weighted by molar-refractivity contribution is 0.575. The topological polar surface area (TPSA) is 12.0 Å². The van der Waals surface area contributed by atoms with Crippen molar-refractivity contribution in [1.29, 1.82) is 0 Å². The Bertz CT molecular complexity index is 245. The van der Waals surface area contributed by atoms with E-state index in [-0.39, 0.29) is 5.83 Å². The molecule has 0 radical (unpaired) electrons. The largest absolute Gasteiger partial charge is 0.317 e. The molecule has 1 aliphatic heterocycles. The molecule has 1 heterocycles. The summed E-state index contributed by atoms with van der Waals surface area (Å²) in [6.07, 6.45) is 12.3. The summed E-state index contributed by atoms with van der Waals surface area (Å²) in [5, 5.41) is 3.36. The number of hydrogen-bond donors (Lipinski definition) is 1. The van der Waals surface area contributed by atoms with Gasteiger partial charge >= 0.3 is 0 Å². The van der Waals surface area contributed by atoms with E-state index in [0.717, 1.165) is 19.5 Å². The van der Waals surface area contributed by atoms with Gasteiger partial charge in [-0.25, -0.2) is 4.39 Å². The lowest BCUT2D eigenvalue weighted by Crippen LogP contribution is -2.13. The van der Waals surface area contributed by atoms with Crippen LogP contribution in [0.1, 0.15) is 26.2 Å². The predicted molar refractivity (Wildman–Crippen MR) is 63.4 cm³/mol. The number of rotatable bonds is 3. The van der Waals surface area contributed by atoms with Crippen molar-refractivity contribution in [3.8, 4) is 0 Å². The van der Waals surface area contributed by atoms with Crippen molar-refractivity contribution in [3.63, 3.8) is 0 Å². The summed E-state index contributed by atoms with van der Waals surface area (Å²) in [5.41, 5.74) is 0. The Labute approximate surface area is 91.8 Å². The van der Waals surface area contributed by atoms with E-state index in [1.165, 1.54) is 25.0 Å². The molecule has 1 saturated heterocycles. The zero-order chi connectivity index (χ0) is 10.9. The highest BCUT2D eigenvalue weighted by molar-refractivity contribution is 5.17. The maximum absolute atomic E-state index is 12.9. The third-order valence-corrected chi connectivity index (χ3v) is 2.58. The minimum Gasteiger partial charge on any atom is -0.317 e. The molecule has 1 rings (SSSR count). The average Bonchev–Trinajstić information content (AvgIpc) is 2.47. The molecule has 1 unspecified atom stereocenters. The first-order chi connectivity index (χ1) is 7.33. The maximum Gasteiger partial charge on any atom is 0.122 e. The summed E-state index contributed by atoms with van der Waals surface area (Å²) in [7, 11) is 0. The molecule has 0 aromatic rings. The SMILES string of the molecule is C\C=C/C(F)=C\C=C\C1CCCNCC1. The predicted octanol–water partition coefficient (Wildman–Crippen LogP) is 3.36. The van der Waals surface area contributed by atoms with Gasteiger partial charge in [0.1, 0.15) is 5.83 Å². The van der Waals surface area contributed by atoms with Gasteiger partial charge < -0.3 is 5.32 Å². The highest BCUT2D eigenvalue weighted by atomic mass is 19.1. The number of nitrogens with one attached hydrogen (secondary N) is 1. The molecule has 1 aliphatic rings. The summed E-state index contributed by atoms with van der Waals surface area (Å²) in [4.78, 5) is 0. The van der Waals surface area contributed by atoms with Gasteiger partial charge in [-0.05, 0) is 57.3 Å². The van der Waals surface area contributed by atoms with Crippen LogP contribution in [-0.2, 0) is 0 Å². The Balaban J connectivity index is 2.38. The lowest BCUT2D eigenvalue weighted by Gasteiger charge is -2.05. The summed E-state index contributed by atoms with van der Waals surface area (Å²) < 4.78 is 12.9. The van der Waals surface area contributed by atoms with Crippen LogP contribution in [0.3, 0.4) is 0 Å². The molecule has 0 bridgehead atoms. The highest BCUT2D eigenvalue weighted by Gasteiger charge is 2.07. The molecule has 84 valence electrons. The van der Waals surface area contributed by atoms with Crippen LogP contribution in [-0.4, -0.2) is 13.1 Å². The van der Waals surface area contributed by atoms with Crippen LogP contribution in [0.25, 0.3) is 0 Å². The van der Waals surface area contributed by atoms with Gasteiger partial charge in [-0.3, -0.25) is 0 Å². The van der Waals surface area contributed by atoms with Gasteiger partial charge in [-0.15, -0.1) is 0 Å². The summed E-state index contributed by atoms with van der Waals surface area (Å²) in [5.74, 6) is 0.426. The fraction of sp³-hybridized carbons (Fsp3) is 0.538. The summed E-state index contributed by atoms with van der Waals surface area (Å²) in [6, 6.07) is 0. The lowest BCUT2D eigenvalue weighted by atomic mass is 10.0. The van der Waals surface area contributed by atoms with Crippen molar-refractivity contribution in [2.45, 2.75) is 26.2 Å². The normalized spacial score (nSPS) is 24.9. The number of hydrogen-bond acceptors (Lipinski definition) is 1. The van der Waals surface area contributed by atoms with Crippen LogP contribution < -0.4 is 5.32 Å². The Morgan fingerprint density at radius 2 is 2.20 bits per heavy atom. The van der Waals surface area contributed by atoms with Crippen LogP contribution in [0.15, 0.2) is 36.2 Å². The first kappa shape index (κ1) is 12.2. The van der Waals surface area contributed by atoms with E-state index in [2.05, 4.69) is 11.4 Å². The number of halogens is 1. The van der Waals surface area contributed by atoms with E-state index < -0.39 is 0 Å². The van der Waals surface area contributed by atoms with Gasteiger partial charge in [-0.2, -0.15) is 0 Å². The van der Waals surface area contributed by atoms with Crippen molar-refractivity contribution in [2.24, 2.45) is 5.92 Å². The highest BCUT2D eigenvalue weighted by Crippen LogP contribution is 2.15. The third-order valence-electron chi connectivity index (χ3n) is 2.58. The van der Waals surface area contributed by atoms with Crippen LogP contribution in [0.5, 0.6) is 0 Å². The fourth-order valence-corrected chi connectivity index (χ4v) is 1.76. The van der Waals surface area contributed by atoms with Crippen molar-refractivity contribution in [1.82, 2.24) is 5.32 Å². The molecule has 0 amide bonds. The van der Waals surface area contributed by atoms with E-state index >= 15 is 0 Å². The van der Waals surface area contributed by atoms with E-state index in [0.29, 0.717) is 5.92 Å². The van der Waals surface area contributed by atoms with E-state index in [9.17, 15) is 4.39 Å². The second-order valence-electron chi connectivity index (χ2n) is 3.88. The van der Waals surface area contributed by atoms with Crippen molar-refractivity contribution < 1.29 is 4.39 Å². The van der Waals surface area contributed by atoms with E-state index in [1.807, 2.05) is 13.0 Å². The van der Waals surface area contributed by atoms with E-state index in [4.69, 9.17) is 0 Å². The van der Waals surface area contributed by atoms with Crippen molar-refractivity contribution in [3.05, 3.63) is 36.2 Å². The third kappa shape index (κ3) is 5.53. The molecular weight excluding hydrogens is 189 g/mol. The van der Waals surface area contributed by atoms with E-state index in [1.54, 1.807) is 6.08 Å². The molecule has 0 spiro atoms. The zero-order valence-electron chi connectivity index (χ0n) is 9.38. The van der Waals surface area contributed by atoms with Gasteiger partial charge in [-0.1, -0.05) is 18.2 Å². The smallest absolute Gasteiger partial charge is 0.122 e. The van der Waals surface area contributed by atoms with Crippen molar-refractivity contribution >= 4 is 0 Å². The summed E-state index contributed by atoms with van der Waals surface area (Å²) in [6.45, 7) is 4.01. The molecule has 1 atom stereocenters. The standard InChI is InChI=1S/C13H20FN/c1-2-5-13(14)8-3-6-12-7-4-10-15-11-9-12/h2-3,5-6,8,12,15H,4,7,9-11H2,1H3/b5-2-,6-3+,13-8+. The Hall–Kier alpha value is -0.890. The Kier molecular flexibility index (Phi) is 6.02. The van der Waals surface area contributed by atoms with Gasteiger partial charge in [0.2, 0.25) is 0 Å². The van der Waals surface area contributed by atoms with Gasteiger partial charge in [0.15, 0.2) is 0 Å². The molecule has 2 heteroatoms. The Morgan fingerprint density at radius 3 is 3.00 bits per heavy atom. The first-order valence-electron chi connectivity index (χ1n) is 5.70. The number of allylic oxidation sites excluding steroid dienone is 6. The maximum atomic E-state index is 12.9. The monoisotopic (exact) mass is 209 g/mol. The molecular formula is C13H20FN. The average molecular weight is 209 g/mol. The van der Waals surface area contributed by atoms with Crippen molar-refractivity contribution in [2.75, 3.05) is 13.1 Å². The molecule has 15 heavy (non-hydrogen) atoms. The Morgan fingerprint density at radius 1 is 1.33 bits per heavy atom. The van der Waals surface area contributed by atoms with Gasteiger partial charge in [0.25, 0.3) is 0 Å². The zero-order valence-corrected chi connectivity index (χ0v) is 9.38. The van der Waals surface area contributed by atoms with Crippen LogP contribution in [0.4, 0.5) is 4.39 Å². The molecule has 1 N–H and O–H groups in total. The molecule has 0 aromatic heterocycles. The minimum atomic E-state index is -0.180. The van der Waals surface area contributed by atoms with Crippen LogP contribution in [0.2, 0.25) is 0 Å². The first-order valence-corrected chi connectivity index (χ1v) is 5.70.